The minimum Gasteiger partial charge on any atom is -0.494 e. The molecule has 0 fully saturated rings. The van der Waals surface area contributed by atoms with Crippen LogP contribution in [0.2, 0.25) is 0 Å². The maximum absolute atomic E-state index is 11.7. The summed E-state index contributed by atoms with van der Waals surface area (Å²) in [6.45, 7) is 1.08. The van der Waals surface area contributed by atoms with E-state index in [1.54, 1.807) is 0 Å². The first-order valence-corrected chi connectivity index (χ1v) is 7.43. The summed E-state index contributed by atoms with van der Waals surface area (Å²) in [5.41, 5.74) is 0.755. The van der Waals surface area contributed by atoms with Crippen molar-refractivity contribution < 1.29 is 14.6 Å². The quantitative estimate of drug-likeness (QED) is 0.737. The van der Waals surface area contributed by atoms with Crippen molar-refractivity contribution in [2.45, 2.75) is 18.9 Å². The highest BCUT2D eigenvalue weighted by Crippen LogP contribution is 2.15. The second-order valence-corrected chi connectivity index (χ2v) is 5.00. The number of hydrogen-bond donors (Lipinski definition) is 2. The normalized spacial score (nSPS) is 11.7. The van der Waals surface area contributed by atoms with E-state index in [1.807, 2.05) is 60.7 Å². The minimum absolute atomic E-state index is 0.0730. The molecule has 1 atom stereocenters. The van der Waals surface area contributed by atoms with Gasteiger partial charge in [-0.05, 0) is 24.1 Å². The molecule has 0 heterocycles. The molecule has 0 bridgehead atoms. The summed E-state index contributed by atoms with van der Waals surface area (Å²) in [6, 6.07) is 18.8. The van der Waals surface area contributed by atoms with Crippen LogP contribution in [0.15, 0.2) is 60.7 Å². The molecule has 1 amide bonds. The van der Waals surface area contributed by atoms with Gasteiger partial charge >= 0.3 is 0 Å². The predicted octanol–water partition coefficient (Wildman–Crippen LogP) is 2.70. The number of aliphatic hydroxyl groups excluding tert-OH is 1. The van der Waals surface area contributed by atoms with Crippen molar-refractivity contribution in [3.63, 3.8) is 0 Å². The molecule has 0 aromatic heterocycles. The monoisotopic (exact) mass is 299 g/mol. The van der Waals surface area contributed by atoms with E-state index >= 15 is 0 Å². The zero-order valence-corrected chi connectivity index (χ0v) is 12.4. The van der Waals surface area contributed by atoms with Gasteiger partial charge in [-0.2, -0.15) is 0 Å². The summed E-state index contributed by atoms with van der Waals surface area (Å²) in [4.78, 5) is 11.7. The average Bonchev–Trinajstić information content (AvgIpc) is 2.56. The lowest BCUT2D eigenvalue weighted by Crippen LogP contribution is -2.27. The molecule has 0 aliphatic heterocycles. The summed E-state index contributed by atoms with van der Waals surface area (Å²) in [5, 5.41) is 12.7. The van der Waals surface area contributed by atoms with E-state index in [0.29, 0.717) is 13.2 Å². The van der Waals surface area contributed by atoms with Gasteiger partial charge in [0.05, 0.1) is 19.1 Å². The zero-order valence-electron chi connectivity index (χ0n) is 12.4. The van der Waals surface area contributed by atoms with E-state index < -0.39 is 6.10 Å². The molecule has 0 aliphatic rings. The fourth-order valence-electron chi connectivity index (χ4n) is 2.05. The molecule has 2 rings (SSSR count). The molecule has 2 aromatic rings. The zero-order chi connectivity index (χ0) is 15.6. The van der Waals surface area contributed by atoms with Gasteiger partial charge in [0, 0.05) is 6.54 Å². The van der Waals surface area contributed by atoms with Crippen molar-refractivity contribution in [1.82, 2.24) is 5.32 Å². The van der Waals surface area contributed by atoms with Crippen LogP contribution in [0.4, 0.5) is 0 Å². The number of carbonyl (C=O) groups excluding carboxylic acids is 1. The van der Waals surface area contributed by atoms with Gasteiger partial charge < -0.3 is 15.2 Å². The van der Waals surface area contributed by atoms with Crippen molar-refractivity contribution in [3.05, 3.63) is 66.2 Å². The second-order valence-electron chi connectivity index (χ2n) is 5.00. The Labute approximate surface area is 130 Å². The molecule has 4 nitrogen and oxygen atoms in total. The summed E-state index contributed by atoms with van der Waals surface area (Å²) < 4.78 is 5.54. The van der Waals surface area contributed by atoms with Crippen molar-refractivity contribution >= 4 is 5.91 Å². The first kappa shape index (κ1) is 16.0. The Hall–Kier alpha value is -2.33. The summed E-state index contributed by atoms with van der Waals surface area (Å²) in [7, 11) is 0. The molecular formula is C18H21NO3. The lowest BCUT2D eigenvalue weighted by molar-refractivity contribution is -0.123. The lowest BCUT2D eigenvalue weighted by atomic mass is 10.1. The van der Waals surface area contributed by atoms with E-state index in [1.165, 1.54) is 0 Å². The molecule has 4 heteroatoms. The van der Waals surface area contributed by atoms with Crippen LogP contribution in [0.25, 0.3) is 0 Å². The van der Waals surface area contributed by atoms with E-state index in [4.69, 9.17) is 4.74 Å². The molecule has 116 valence electrons. The third-order valence-electron chi connectivity index (χ3n) is 3.22. The lowest BCUT2D eigenvalue weighted by Gasteiger charge is -2.11. The van der Waals surface area contributed by atoms with Crippen molar-refractivity contribution in [2.75, 3.05) is 13.2 Å². The Morgan fingerprint density at radius 2 is 1.68 bits per heavy atom. The molecule has 0 radical (unpaired) electrons. The van der Waals surface area contributed by atoms with E-state index in [0.717, 1.165) is 17.7 Å². The van der Waals surface area contributed by atoms with Gasteiger partial charge in [0.25, 0.3) is 0 Å². The van der Waals surface area contributed by atoms with Gasteiger partial charge in [0.1, 0.15) is 5.75 Å². The van der Waals surface area contributed by atoms with Crippen molar-refractivity contribution in [2.24, 2.45) is 0 Å². The van der Waals surface area contributed by atoms with Crippen LogP contribution in [-0.2, 0) is 4.79 Å². The standard InChI is InChI=1S/C18H21NO3/c20-17(15-8-3-1-4-9-15)14-18(21)19-12-7-13-22-16-10-5-2-6-11-16/h1-6,8-11,17,20H,7,12-14H2,(H,19,21). The molecule has 0 saturated carbocycles. The number of benzene rings is 2. The van der Waals surface area contributed by atoms with Crippen molar-refractivity contribution in [3.8, 4) is 5.75 Å². The molecule has 22 heavy (non-hydrogen) atoms. The number of ether oxygens (including phenoxy) is 1. The fourth-order valence-corrected chi connectivity index (χ4v) is 2.05. The summed E-state index contributed by atoms with van der Waals surface area (Å²) in [6.07, 6.45) is 0.0350. The number of para-hydroxylation sites is 1. The first-order valence-electron chi connectivity index (χ1n) is 7.43. The van der Waals surface area contributed by atoms with Crippen molar-refractivity contribution in [1.29, 1.82) is 0 Å². The molecule has 1 unspecified atom stereocenters. The van der Waals surface area contributed by atoms with E-state index in [9.17, 15) is 9.90 Å². The molecule has 0 saturated heterocycles. The SMILES string of the molecule is O=C(CC(O)c1ccccc1)NCCCOc1ccccc1. The van der Waals surface area contributed by atoms with Gasteiger partial charge in [0.15, 0.2) is 0 Å². The highest BCUT2D eigenvalue weighted by molar-refractivity contribution is 5.76. The number of rotatable bonds is 8. The van der Waals surface area contributed by atoms with Crippen LogP contribution >= 0.6 is 0 Å². The molecule has 0 spiro atoms. The summed E-state index contributed by atoms with van der Waals surface area (Å²) in [5.74, 6) is 0.671. The third-order valence-corrected chi connectivity index (χ3v) is 3.22. The Balaban J connectivity index is 1.60. The number of hydrogen-bond acceptors (Lipinski definition) is 3. The number of aliphatic hydroxyl groups is 1. The van der Waals surface area contributed by atoms with Crippen LogP contribution in [0.3, 0.4) is 0 Å². The first-order chi connectivity index (χ1) is 10.8. The maximum Gasteiger partial charge on any atom is 0.222 e. The highest BCUT2D eigenvalue weighted by atomic mass is 16.5. The Morgan fingerprint density at radius 3 is 2.36 bits per heavy atom. The van der Waals surface area contributed by atoms with Gasteiger partial charge in [-0.15, -0.1) is 0 Å². The molecule has 2 aromatic carbocycles. The average molecular weight is 299 g/mol. The Morgan fingerprint density at radius 1 is 1.05 bits per heavy atom. The molecule has 2 N–H and O–H groups in total. The third kappa shape index (κ3) is 5.58. The van der Waals surface area contributed by atoms with Gasteiger partial charge in [-0.1, -0.05) is 48.5 Å². The number of amides is 1. The number of nitrogens with one attached hydrogen (secondary N) is 1. The van der Waals surface area contributed by atoms with Crippen LogP contribution < -0.4 is 10.1 Å². The van der Waals surface area contributed by atoms with Crippen LogP contribution in [0.1, 0.15) is 24.5 Å². The van der Waals surface area contributed by atoms with E-state index in [-0.39, 0.29) is 12.3 Å². The summed E-state index contributed by atoms with van der Waals surface area (Å²) >= 11 is 0. The van der Waals surface area contributed by atoms with Crippen LogP contribution in [0, 0.1) is 0 Å². The highest BCUT2D eigenvalue weighted by Gasteiger charge is 2.11. The van der Waals surface area contributed by atoms with Gasteiger partial charge in [0.2, 0.25) is 5.91 Å². The smallest absolute Gasteiger partial charge is 0.222 e. The van der Waals surface area contributed by atoms with Crippen LogP contribution in [-0.4, -0.2) is 24.2 Å². The van der Waals surface area contributed by atoms with Gasteiger partial charge in [-0.25, -0.2) is 0 Å². The Bertz CT molecular complexity index is 557. The fraction of sp³-hybridized carbons (Fsp3) is 0.278. The van der Waals surface area contributed by atoms with E-state index in [2.05, 4.69) is 5.32 Å². The largest absolute Gasteiger partial charge is 0.494 e. The maximum atomic E-state index is 11.7. The Kier molecular flexibility index (Phi) is 6.45. The molecular weight excluding hydrogens is 278 g/mol. The predicted molar refractivity (Wildman–Crippen MR) is 85.6 cm³/mol. The minimum atomic E-state index is -0.762. The number of carbonyl (C=O) groups is 1. The second kappa shape index (κ2) is 8.85. The van der Waals surface area contributed by atoms with Gasteiger partial charge in [-0.3, -0.25) is 4.79 Å². The molecule has 0 aliphatic carbocycles. The van der Waals surface area contributed by atoms with Crippen LogP contribution in [0.5, 0.6) is 5.75 Å². The topological polar surface area (TPSA) is 58.6 Å².